The third-order valence-corrected chi connectivity index (χ3v) is 4.45. The van der Waals surface area contributed by atoms with Gasteiger partial charge in [-0.1, -0.05) is 6.07 Å². The molecule has 0 aliphatic carbocycles. The lowest BCUT2D eigenvalue weighted by Crippen LogP contribution is -2.24. The third-order valence-electron chi connectivity index (χ3n) is 4.45. The van der Waals surface area contributed by atoms with E-state index in [0.717, 1.165) is 11.1 Å². The van der Waals surface area contributed by atoms with Crippen molar-refractivity contribution in [2.45, 2.75) is 13.0 Å². The molecular weight excluding hydrogens is 400 g/mol. The molecule has 0 radical (unpaired) electrons. The quantitative estimate of drug-likeness (QED) is 0.580. The van der Waals surface area contributed by atoms with Crippen LogP contribution in [0.3, 0.4) is 0 Å². The summed E-state index contributed by atoms with van der Waals surface area (Å²) in [5.41, 5.74) is 1.55. The van der Waals surface area contributed by atoms with Gasteiger partial charge in [0.05, 0.1) is 34.5 Å². The Balaban J connectivity index is 2.12. The van der Waals surface area contributed by atoms with E-state index < -0.39 is 0 Å². The number of nitrogens with zero attached hydrogens (tertiary/aromatic N) is 1. The number of benzene rings is 2. The van der Waals surface area contributed by atoms with Crippen LogP contribution in [0.15, 0.2) is 36.4 Å². The summed E-state index contributed by atoms with van der Waals surface area (Å²) in [4.78, 5) is 12.4. The molecule has 8 heteroatoms. The average molecular weight is 426 g/mol. The Bertz CT molecular complexity index is 956. The molecule has 0 aromatic heterocycles. The van der Waals surface area contributed by atoms with Crippen LogP contribution in [0.25, 0.3) is 6.08 Å². The maximum absolute atomic E-state index is 12.4. The second-order valence-electron chi connectivity index (χ2n) is 6.38. The molecule has 1 atom stereocenters. The third kappa shape index (κ3) is 6.06. The number of rotatable bonds is 10. The minimum absolute atomic E-state index is 0.0766. The van der Waals surface area contributed by atoms with Crippen molar-refractivity contribution >= 4 is 12.0 Å². The van der Waals surface area contributed by atoms with Gasteiger partial charge in [-0.2, -0.15) is 5.26 Å². The van der Waals surface area contributed by atoms with Crippen LogP contribution in [0, 0.1) is 11.3 Å². The van der Waals surface area contributed by atoms with E-state index in [1.807, 2.05) is 13.0 Å². The summed E-state index contributed by atoms with van der Waals surface area (Å²) in [5, 5.41) is 11.5. The van der Waals surface area contributed by atoms with Crippen molar-refractivity contribution in [1.29, 1.82) is 5.26 Å². The van der Waals surface area contributed by atoms with Crippen molar-refractivity contribution in [2.75, 3.05) is 35.0 Å². The Morgan fingerprint density at radius 3 is 2.19 bits per heavy atom. The molecular formula is C23H26N2O6. The molecule has 8 nitrogen and oxygen atoms in total. The summed E-state index contributed by atoms with van der Waals surface area (Å²) in [5.74, 6) is 2.18. The molecule has 164 valence electrons. The van der Waals surface area contributed by atoms with Crippen LogP contribution in [0.2, 0.25) is 0 Å². The van der Waals surface area contributed by atoms with Gasteiger partial charge in [0.2, 0.25) is 11.7 Å². The van der Waals surface area contributed by atoms with Crippen LogP contribution >= 0.6 is 0 Å². The first kappa shape index (κ1) is 23.4. The maximum Gasteiger partial charge on any atom is 0.244 e. The first-order chi connectivity index (χ1) is 15.0. The van der Waals surface area contributed by atoms with Crippen molar-refractivity contribution in [3.8, 4) is 34.8 Å². The monoisotopic (exact) mass is 426 g/mol. The lowest BCUT2D eigenvalue weighted by Gasteiger charge is -2.18. The van der Waals surface area contributed by atoms with Crippen LogP contribution in [-0.4, -0.2) is 41.0 Å². The molecule has 0 saturated heterocycles. The van der Waals surface area contributed by atoms with E-state index in [1.165, 1.54) is 34.5 Å². The van der Waals surface area contributed by atoms with Gasteiger partial charge in [-0.15, -0.1) is 0 Å². The highest BCUT2D eigenvalue weighted by atomic mass is 16.5. The molecule has 0 fully saturated rings. The van der Waals surface area contributed by atoms with Gasteiger partial charge in [0, 0.05) is 6.08 Å². The van der Waals surface area contributed by atoms with E-state index in [-0.39, 0.29) is 18.6 Å². The van der Waals surface area contributed by atoms with Crippen LogP contribution in [0.5, 0.6) is 28.7 Å². The van der Waals surface area contributed by atoms with Crippen molar-refractivity contribution < 1.29 is 28.5 Å². The molecule has 2 aromatic rings. The topological polar surface area (TPSA) is 99.0 Å². The largest absolute Gasteiger partial charge is 0.493 e. The lowest BCUT2D eigenvalue weighted by molar-refractivity contribution is -0.117. The number of carbonyl (C=O) groups excluding carboxylic acids is 1. The van der Waals surface area contributed by atoms with Gasteiger partial charge in [0.25, 0.3) is 0 Å². The maximum atomic E-state index is 12.4. The zero-order valence-corrected chi connectivity index (χ0v) is 18.2. The van der Waals surface area contributed by atoms with E-state index in [9.17, 15) is 4.79 Å². The highest BCUT2D eigenvalue weighted by Crippen LogP contribution is 2.39. The Morgan fingerprint density at radius 1 is 1.00 bits per heavy atom. The molecule has 2 aromatic carbocycles. The first-order valence-corrected chi connectivity index (χ1v) is 9.43. The van der Waals surface area contributed by atoms with Crippen molar-refractivity contribution in [1.82, 2.24) is 5.32 Å². The number of amides is 1. The summed E-state index contributed by atoms with van der Waals surface area (Å²) in [7, 11) is 6.12. The second-order valence-corrected chi connectivity index (χ2v) is 6.38. The fourth-order valence-corrected chi connectivity index (χ4v) is 2.89. The van der Waals surface area contributed by atoms with Crippen molar-refractivity contribution in [3.63, 3.8) is 0 Å². The standard InChI is InChI=1S/C23H26N2O6/c1-15(17-13-20(28-3)23(30-5)21(14-17)29-4)25-22(26)9-7-16-6-8-18(31-11-10-24)19(12-16)27-2/h6-9,12-15H,11H2,1-5H3,(H,25,26)/b9-7+. The molecule has 1 unspecified atom stereocenters. The van der Waals surface area contributed by atoms with Gasteiger partial charge in [-0.3, -0.25) is 4.79 Å². The van der Waals surface area contributed by atoms with Gasteiger partial charge in [0.15, 0.2) is 29.6 Å². The average Bonchev–Trinajstić information content (AvgIpc) is 2.80. The fourth-order valence-electron chi connectivity index (χ4n) is 2.89. The highest BCUT2D eigenvalue weighted by Gasteiger charge is 2.17. The van der Waals surface area contributed by atoms with Gasteiger partial charge < -0.3 is 29.0 Å². The smallest absolute Gasteiger partial charge is 0.244 e. The normalized spacial score (nSPS) is 11.4. The number of carbonyl (C=O) groups is 1. The number of hydrogen-bond acceptors (Lipinski definition) is 7. The summed E-state index contributed by atoms with van der Waals surface area (Å²) in [6, 6.07) is 10.4. The van der Waals surface area contributed by atoms with E-state index in [2.05, 4.69) is 5.32 Å². The Labute approximate surface area is 181 Å². The van der Waals surface area contributed by atoms with Gasteiger partial charge in [0.1, 0.15) is 6.07 Å². The number of methoxy groups -OCH3 is 4. The Morgan fingerprint density at radius 2 is 1.65 bits per heavy atom. The van der Waals surface area contributed by atoms with Gasteiger partial charge in [-0.05, 0) is 48.4 Å². The molecule has 0 spiro atoms. The molecule has 0 heterocycles. The Kier molecular flexibility index (Phi) is 8.58. The van der Waals surface area contributed by atoms with Crippen LogP contribution in [0.4, 0.5) is 0 Å². The molecule has 0 aliphatic rings. The first-order valence-electron chi connectivity index (χ1n) is 9.43. The number of ether oxygens (including phenoxy) is 5. The zero-order valence-electron chi connectivity index (χ0n) is 18.2. The predicted octanol–water partition coefficient (Wildman–Crippen LogP) is 3.51. The van der Waals surface area contributed by atoms with Crippen LogP contribution in [0.1, 0.15) is 24.1 Å². The summed E-state index contributed by atoms with van der Waals surface area (Å²) >= 11 is 0. The molecule has 2 rings (SSSR count). The summed E-state index contributed by atoms with van der Waals surface area (Å²) in [6.07, 6.45) is 3.09. The minimum Gasteiger partial charge on any atom is -0.493 e. The SMILES string of the molecule is COc1cc(/C=C/C(=O)NC(C)c2cc(OC)c(OC)c(OC)c2)ccc1OCC#N. The molecule has 1 N–H and O–H groups in total. The van der Waals surface area contributed by atoms with E-state index in [1.54, 1.807) is 36.4 Å². The van der Waals surface area contributed by atoms with E-state index in [0.29, 0.717) is 28.7 Å². The minimum atomic E-state index is -0.304. The molecule has 1 amide bonds. The molecule has 0 bridgehead atoms. The fraction of sp³-hybridized carbons (Fsp3) is 0.304. The lowest BCUT2D eigenvalue weighted by atomic mass is 10.1. The zero-order chi connectivity index (χ0) is 22.8. The van der Waals surface area contributed by atoms with Crippen molar-refractivity contribution in [2.24, 2.45) is 0 Å². The van der Waals surface area contributed by atoms with E-state index >= 15 is 0 Å². The van der Waals surface area contributed by atoms with Crippen molar-refractivity contribution in [3.05, 3.63) is 47.5 Å². The van der Waals surface area contributed by atoms with Crippen LogP contribution < -0.4 is 29.0 Å². The van der Waals surface area contributed by atoms with Gasteiger partial charge in [-0.25, -0.2) is 0 Å². The Hall–Kier alpha value is -3.86. The molecule has 31 heavy (non-hydrogen) atoms. The number of nitriles is 1. The summed E-state index contributed by atoms with van der Waals surface area (Å²) < 4.78 is 26.6. The second kappa shape index (κ2) is 11.4. The summed E-state index contributed by atoms with van der Waals surface area (Å²) in [6.45, 7) is 1.78. The molecule has 0 aliphatic heterocycles. The number of hydrogen-bond donors (Lipinski definition) is 1. The highest BCUT2D eigenvalue weighted by molar-refractivity contribution is 5.92. The molecule has 0 saturated carbocycles. The van der Waals surface area contributed by atoms with Gasteiger partial charge >= 0.3 is 0 Å². The predicted molar refractivity (Wildman–Crippen MR) is 116 cm³/mol. The number of nitrogens with one attached hydrogen (secondary N) is 1. The van der Waals surface area contributed by atoms with Crippen LogP contribution in [-0.2, 0) is 4.79 Å². The van der Waals surface area contributed by atoms with E-state index in [4.69, 9.17) is 28.9 Å².